The van der Waals surface area contributed by atoms with Crippen molar-refractivity contribution in [2.75, 3.05) is 13.1 Å². The lowest BCUT2D eigenvalue weighted by atomic mass is 9.89. The number of fused-ring (bicyclic) bond motifs is 1. The average molecular weight is 357 g/mol. The number of aromatic amines is 1. The summed E-state index contributed by atoms with van der Waals surface area (Å²) in [5.41, 5.74) is 2.47. The van der Waals surface area contributed by atoms with E-state index in [1.54, 1.807) is 23.1 Å². The molecule has 0 unspecified atom stereocenters. The summed E-state index contributed by atoms with van der Waals surface area (Å²) < 4.78 is 13.8. The zero-order valence-electron chi connectivity index (χ0n) is 13.6. The Morgan fingerprint density at radius 3 is 2.68 bits per heavy atom. The lowest BCUT2D eigenvalue weighted by molar-refractivity contribution is 0.0708. The minimum Gasteiger partial charge on any atom is -0.361 e. The summed E-state index contributed by atoms with van der Waals surface area (Å²) in [5.74, 6) is -0.309. The number of piperidine rings is 1. The van der Waals surface area contributed by atoms with E-state index in [-0.39, 0.29) is 11.5 Å². The standard InChI is InChI=1S/C20H18ClFN2O/c21-14-5-6-19-16(11-14)17(12-23-19)13-7-9-24(10-8-13)20(25)15-3-1-2-4-18(15)22/h1-6,11-13,23H,7-10H2. The number of halogens is 2. The largest absolute Gasteiger partial charge is 0.361 e. The Labute approximate surface area is 150 Å². The van der Waals surface area contributed by atoms with Gasteiger partial charge in [0.15, 0.2) is 0 Å². The average Bonchev–Trinajstić information content (AvgIpc) is 3.05. The highest BCUT2D eigenvalue weighted by atomic mass is 35.5. The molecule has 5 heteroatoms. The van der Waals surface area contributed by atoms with Gasteiger partial charge >= 0.3 is 0 Å². The molecule has 1 saturated heterocycles. The quantitative estimate of drug-likeness (QED) is 0.690. The molecule has 0 spiro atoms. The molecule has 128 valence electrons. The topological polar surface area (TPSA) is 36.1 Å². The molecule has 0 aliphatic carbocycles. The zero-order valence-corrected chi connectivity index (χ0v) is 14.4. The normalized spacial score (nSPS) is 15.7. The third-order valence-electron chi connectivity index (χ3n) is 5.00. The summed E-state index contributed by atoms with van der Waals surface area (Å²) in [6.07, 6.45) is 3.76. The second-order valence-electron chi connectivity index (χ2n) is 6.48. The van der Waals surface area contributed by atoms with Crippen LogP contribution in [0.15, 0.2) is 48.7 Å². The molecule has 1 aliphatic heterocycles. The molecule has 0 radical (unpaired) electrons. The number of nitrogens with one attached hydrogen (secondary N) is 1. The van der Waals surface area contributed by atoms with Crippen LogP contribution in [0.4, 0.5) is 4.39 Å². The van der Waals surface area contributed by atoms with Crippen molar-refractivity contribution in [2.24, 2.45) is 0 Å². The van der Waals surface area contributed by atoms with Crippen molar-refractivity contribution in [1.29, 1.82) is 0 Å². The lowest BCUT2D eigenvalue weighted by Crippen LogP contribution is -2.38. The highest BCUT2D eigenvalue weighted by Gasteiger charge is 2.27. The second-order valence-corrected chi connectivity index (χ2v) is 6.92. The van der Waals surface area contributed by atoms with Crippen molar-refractivity contribution in [3.63, 3.8) is 0 Å². The maximum atomic E-state index is 13.8. The predicted octanol–water partition coefficient (Wildman–Crippen LogP) is 4.98. The van der Waals surface area contributed by atoms with Gasteiger partial charge in [0, 0.05) is 35.2 Å². The van der Waals surface area contributed by atoms with Crippen LogP contribution in [0, 0.1) is 5.82 Å². The molecular weight excluding hydrogens is 339 g/mol. The van der Waals surface area contributed by atoms with Crippen LogP contribution in [-0.2, 0) is 0 Å². The molecular formula is C20H18ClFN2O. The molecule has 1 aromatic heterocycles. The molecule has 4 rings (SSSR count). The third-order valence-corrected chi connectivity index (χ3v) is 5.24. The molecule has 2 heterocycles. The van der Waals surface area contributed by atoms with Gasteiger partial charge in [0.1, 0.15) is 5.82 Å². The number of rotatable bonds is 2. The van der Waals surface area contributed by atoms with Gasteiger partial charge in [-0.1, -0.05) is 23.7 Å². The number of carbonyl (C=O) groups is 1. The molecule has 25 heavy (non-hydrogen) atoms. The predicted molar refractivity (Wildman–Crippen MR) is 97.6 cm³/mol. The van der Waals surface area contributed by atoms with Crippen LogP contribution in [0.25, 0.3) is 10.9 Å². The van der Waals surface area contributed by atoms with Gasteiger partial charge in [0.05, 0.1) is 5.56 Å². The maximum absolute atomic E-state index is 13.8. The zero-order chi connectivity index (χ0) is 17.4. The molecule has 1 fully saturated rings. The molecule has 0 bridgehead atoms. The van der Waals surface area contributed by atoms with Gasteiger partial charge in [-0.3, -0.25) is 4.79 Å². The van der Waals surface area contributed by atoms with E-state index in [4.69, 9.17) is 11.6 Å². The number of hydrogen-bond donors (Lipinski definition) is 1. The summed E-state index contributed by atoms with van der Waals surface area (Å²) in [5, 5.41) is 1.87. The Morgan fingerprint density at radius 1 is 1.16 bits per heavy atom. The summed E-state index contributed by atoms with van der Waals surface area (Å²) in [6, 6.07) is 12.0. The SMILES string of the molecule is O=C(c1ccccc1F)N1CCC(c2c[nH]c3ccc(Cl)cc23)CC1. The number of nitrogens with zero attached hydrogens (tertiary/aromatic N) is 1. The number of hydrogen-bond acceptors (Lipinski definition) is 1. The van der Waals surface area contributed by atoms with Crippen molar-refractivity contribution in [3.05, 3.63) is 70.6 Å². The van der Waals surface area contributed by atoms with Crippen LogP contribution in [0.2, 0.25) is 5.02 Å². The van der Waals surface area contributed by atoms with Crippen LogP contribution < -0.4 is 0 Å². The number of carbonyl (C=O) groups excluding carboxylic acids is 1. The molecule has 1 aliphatic rings. The maximum Gasteiger partial charge on any atom is 0.256 e. The Kier molecular flexibility index (Phi) is 4.22. The minimum absolute atomic E-state index is 0.153. The van der Waals surface area contributed by atoms with E-state index in [1.165, 1.54) is 11.6 Å². The van der Waals surface area contributed by atoms with Crippen molar-refractivity contribution in [2.45, 2.75) is 18.8 Å². The molecule has 3 aromatic rings. The van der Waals surface area contributed by atoms with Crippen molar-refractivity contribution in [3.8, 4) is 0 Å². The highest BCUT2D eigenvalue weighted by molar-refractivity contribution is 6.31. The van der Waals surface area contributed by atoms with Gasteiger partial charge < -0.3 is 9.88 Å². The van der Waals surface area contributed by atoms with Gasteiger partial charge in [-0.25, -0.2) is 4.39 Å². The van der Waals surface area contributed by atoms with Crippen LogP contribution in [0.5, 0.6) is 0 Å². The Hall–Kier alpha value is -2.33. The van der Waals surface area contributed by atoms with Crippen LogP contribution in [0.1, 0.15) is 34.7 Å². The summed E-state index contributed by atoms with van der Waals surface area (Å²) in [4.78, 5) is 17.6. The first kappa shape index (κ1) is 16.2. The number of amides is 1. The van der Waals surface area contributed by atoms with E-state index in [2.05, 4.69) is 4.98 Å². The fourth-order valence-corrected chi connectivity index (χ4v) is 3.82. The first-order chi connectivity index (χ1) is 12.1. The summed E-state index contributed by atoms with van der Waals surface area (Å²) in [6.45, 7) is 1.26. The Morgan fingerprint density at radius 2 is 1.92 bits per heavy atom. The van der Waals surface area contributed by atoms with E-state index in [0.29, 0.717) is 19.0 Å². The van der Waals surface area contributed by atoms with Gasteiger partial charge in [0.25, 0.3) is 5.91 Å². The second kappa shape index (κ2) is 6.52. The van der Waals surface area contributed by atoms with E-state index in [1.807, 2.05) is 24.4 Å². The van der Waals surface area contributed by atoms with Crippen LogP contribution in [-0.4, -0.2) is 28.9 Å². The number of aromatic nitrogens is 1. The smallest absolute Gasteiger partial charge is 0.256 e. The third kappa shape index (κ3) is 3.02. The minimum atomic E-state index is -0.458. The molecule has 0 saturated carbocycles. The van der Waals surface area contributed by atoms with Crippen molar-refractivity contribution < 1.29 is 9.18 Å². The van der Waals surface area contributed by atoms with Gasteiger partial charge in [0.2, 0.25) is 0 Å². The van der Waals surface area contributed by atoms with Crippen LogP contribution >= 0.6 is 11.6 Å². The lowest BCUT2D eigenvalue weighted by Gasteiger charge is -2.32. The van der Waals surface area contributed by atoms with E-state index in [0.717, 1.165) is 28.8 Å². The van der Waals surface area contributed by atoms with E-state index >= 15 is 0 Å². The molecule has 2 aromatic carbocycles. The number of likely N-dealkylation sites (tertiary alicyclic amines) is 1. The first-order valence-corrected chi connectivity index (χ1v) is 8.81. The molecule has 0 atom stereocenters. The number of H-pyrrole nitrogens is 1. The van der Waals surface area contributed by atoms with Crippen LogP contribution in [0.3, 0.4) is 0 Å². The Balaban J connectivity index is 1.50. The molecule has 1 N–H and O–H groups in total. The van der Waals surface area contributed by atoms with Crippen molar-refractivity contribution >= 4 is 28.4 Å². The molecule has 3 nitrogen and oxygen atoms in total. The van der Waals surface area contributed by atoms with Gasteiger partial charge in [-0.2, -0.15) is 0 Å². The van der Waals surface area contributed by atoms with E-state index in [9.17, 15) is 9.18 Å². The monoisotopic (exact) mass is 356 g/mol. The van der Waals surface area contributed by atoms with Gasteiger partial charge in [-0.15, -0.1) is 0 Å². The summed E-state index contributed by atoms with van der Waals surface area (Å²) in [7, 11) is 0. The van der Waals surface area contributed by atoms with E-state index < -0.39 is 5.82 Å². The fourth-order valence-electron chi connectivity index (χ4n) is 3.65. The first-order valence-electron chi connectivity index (χ1n) is 8.44. The summed E-state index contributed by atoms with van der Waals surface area (Å²) >= 11 is 6.13. The van der Waals surface area contributed by atoms with Crippen molar-refractivity contribution in [1.82, 2.24) is 9.88 Å². The Bertz CT molecular complexity index is 928. The fraction of sp³-hybridized carbons (Fsp3) is 0.250. The van der Waals surface area contributed by atoms with Gasteiger partial charge in [-0.05, 0) is 54.7 Å². The number of benzene rings is 2. The highest BCUT2D eigenvalue weighted by Crippen LogP contribution is 2.34. The molecule has 1 amide bonds.